The fourth-order valence-corrected chi connectivity index (χ4v) is 3.78. The standard InChI is InChI=1S/C17H25N3O3/c1-10-14(11(2)23-19-10)8-20-6-5-12-7-15(22-16(12)9-20)17(21)18-13-3-4-13/h12-13,15-16H,3-9H2,1-2H3,(H,18,21)/t12-,15+,16+/m0/s1. The van der Waals surface area contributed by atoms with Crippen molar-refractivity contribution in [1.29, 1.82) is 0 Å². The molecule has 1 amide bonds. The van der Waals surface area contributed by atoms with Crippen molar-refractivity contribution in [2.24, 2.45) is 5.92 Å². The molecule has 0 bridgehead atoms. The van der Waals surface area contributed by atoms with Crippen molar-refractivity contribution in [2.45, 2.75) is 64.3 Å². The molecule has 6 heteroatoms. The largest absolute Gasteiger partial charge is 0.364 e. The minimum absolute atomic E-state index is 0.0965. The third kappa shape index (κ3) is 3.15. The average molecular weight is 319 g/mol. The number of likely N-dealkylation sites (tertiary alicyclic amines) is 1. The molecule has 3 fully saturated rings. The van der Waals surface area contributed by atoms with E-state index in [1.54, 1.807) is 0 Å². The van der Waals surface area contributed by atoms with Crippen LogP contribution in [0.15, 0.2) is 4.52 Å². The second kappa shape index (κ2) is 5.91. The molecule has 1 aromatic heterocycles. The van der Waals surface area contributed by atoms with E-state index in [4.69, 9.17) is 9.26 Å². The van der Waals surface area contributed by atoms with Crippen LogP contribution >= 0.6 is 0 Å². The Bertz CT molecular complexity index is 576. The van der Waals surface area contributed by atoms with Crippen molar-refractivity contribution >= 4 is 5.91 Å². The average Bonchev–Trinajstić information content (AvgIpc) is 3.15. The maximum Gasteiger partial charge on any atom is 0.249 e. The lowest BCUT2D eigenvalue weighted by Crippen LogP contribution is -2.42. The van der Waals surface area contributed by atoms with E-state index in [1.165, 1.54) is 5.56 Å². The predicted octanol–water partition coefficient (Wildman–Crippen LogP) is 1.55. The van der Waals surface area contributed by atoms with Crippen LogP contribution in [-0.4, -0.2) is 47.3 Å². The summed E-state index contributed by atoms with van der Waals surface area (Å²) in [5, 5.41) is 7.10. The molecule has 0 radical (unpaired) electrons. The van der Waals surface area contributed by atoms with E-state index in [2.05, 4.69) is 15.4 Å². The highest BCUT2D eigenvalue weighted by atomic mass is 16.5. The van der Waals surface area contributed by atoms with Gasteiger partial charge in [-0.25, -0.2) is 0 Å². The number of piperidine rings is 1. The topological polar surface area (TPSA) is 67.6 Å². The van der Waals surface area contributed by atoms with E-state index in [9.17, 15) is 4.79 Å². The van der Waals surface area contributed by atoms with Crippen LogP contribution in [0.1, 0.15) is 42.7 Å². The van der Waals surface area contributed by atoms with E-state index in [1.807, 2.05) is 13.8 Å². The molecule has 126 valence electrons. The molecule has 1 aromatic rings. The van der Waals surface area contributed by atoms with Gasteiger partial charge in [-0.1, -0.05) is 5.16 Å². The fourth-order valence-electron chi connectivity index (χ4n) is 3.78. The Morgan fingerprint density at radius 1 is 1.35 bits per heavy atom. The summed E-state index contributed by atoms with van der Waals surface area (Å²) in [7, 11) is 0. The molecular formula is C17H25N3O3. The smallest absolute Gasteiger partial charge is 0.249 e. The van der Waals surface area contributed by atoms with Crippen molar-refractivity contribution in [3.05, 3.63) is 17.0 Å². The van der Waals surface area contributed by atoms with Crippen molar-refractivity contribution in [3.8, 4) is 0 Å². The minimum atomic E-state index is -0.246. The Balaban J connectivity index is 1.35. The first-order valence-corrected chi connectivity index (χ1v) is 8.70. The summed E-state index contributed by atoms with van der Waals surface area (Å²) < 4.78 is 11.3. The molecule has 4 rings (SSSR count). The van der Waals surface area contributed by atoms with Gasteiger partial charge in [0, 0.05) is 24.7 Å². The highest BCUT2D eigenvalue weighted by Crippen LogP contribution is 2.34. The van der Waals surface area contributed by atoms with E-state index in [0.29, 0.717) is 12.0 Å². The number of aromatic nitrogens is 1. The van der Waals surface area contributed by atoms with Gasteiger partial charge in [-0.15, -0.1) is 0 Å². The molecular weight excluding hydrogens is 294 g/mol. The van der Waals surface area contributed by atoms with Crippen LogP contribution in [0.5, 0.6) is 0 Å². The van der Waals surface area contributed by atoms with Gasteiger partial charge < -0.3 is 14.6 Å². The van der Waals surface area contributed by atoms with Crippen molar-refractivity contribution in [3.63, 3.8) is 0 Å². The van der Waals surface area contributed by atoms with Gasteiger partial charge in [0.05, 0.1) is 11.8 Å². The molecule has 3 aliphatic rings. The van der Waals surface area contributed by atoms with Crippen molar-refractivity contribution in [1.82, 2.24) is 15.4 Å². The van der Waals surface area contributed by atoms with Crippen LogP contribution in [0.2, 0.25) is 0 Å². The first kappa shape index (κ1) is 15.1. The molecule has 0 unspecified atom stereocenters. The van der Waals surface area contributed by atoms with E-state index >= 15 is 0 Å². The molecule has 1 saturated carbocycles. The molecule has 1 aliphatic carbocycles. The molecule has 0 spiro atoms. The maximum absolute atomic E-state index is 12.2. The summed E-state index contributed by atoms with van der Waals surface area (Å²) in [6.07, 6.45) is 4.15. The Morgan fingerprint density at radius 3 is 2.87 bits per heavy atom. The van der Waals surface area contributed by atoms with Crippen LogP contribution in [0.25, 0.3) is 0 Å². The molecule has 1 N–H and O–H groups in total. The number of fused-ring (bicyclic) bond motifs is 1. The van der Waals surface area contributed by atoms with Gasteiger partial charge >= 0.3 is 0 Å². The van der Waals surface area contributed by atoms with Gasteiger partial charge in [-0.2, -0.15) is 0 Å². The summed E-state index contributed by atoms with van der Waals surface area (Å²) in [5.74, 6) is 1.52. The number of carbonyl (C=O) groups excluding carboxylic acids is 1. The van der Waals surface area contributed by atoms with Gasteiger partial charge in [-0.05, 0) is 52.0 Å². The zero-order chi connectivity index (χ0) is 16.0. The molecule has 0 aromatic carbocycles. The Labute approximate surface area is 136 Å². The van der Waals surface area contributed by atoms with Crippen LogP contribution in [0.4, 0.5) is 0 Å². The van der Waals surface area contributed by atoms with Gasteiger partial charge in [-0.3, -0.25) is 9.69 Å². The number of rotatable bonds is 4. The number of hydrogen-bond acceptors (Lipinski definition) is 5. The third-order valence-corrected chi connectivity index (χ3v) is 5.42. The summed E-state index contributed by atoms with van der Waals surface area (Å²) in [6.45, 7) is 6.75. The fraction of sp³-hybridized carbons (Fsp3) is 0.765. The maximum atomic E-state index is 12.2. The lowest BCUT2D eigenvalue weighted by molar-refractivity contribution is -0.133. The van der Waals surface area contributed by atoms with Crippen LogP contribution in [-0.2, 0) is 16.1 Å². The monoisotopic (exact) mass is 319 g/mol. The molecule has 2 saturated heterocycles. The normalized spacial score (nSPS) is 31.1. The summed E-state index contributed by atoms with van der Waals surface area (Å²) >= 11 is 0. The summed E-state index contributed by atoms with van der Waals surface area (Å²) in [4.78, 5) is 14.6. The summed E-state index contributed by atoms with van der Waals surface area (Å²) in [5.41, 5.74) is 2.16. The highest BCUT2D eigenvalue weighted by Gasteiger charge is 2.42. The first-order chi connectivity index (χ1) is 11.1. The predicted molar refractivity (Wildman–Crippen MR) is 83.8 cm³/mol. The quantitative estimate of drug-likeness (QED) is 0.912. The second-order valence-electron chi connectivity index (χ2n) is 7.27. The van der Waals surface area contributed by atoms with Gasteiger partial charge in [0.25, 0.3) is 0 Å². The number of nitrogens with zero attached hydrogens (tertiary/aromatic N) is 2. The number of amides is 1. The van der Waals surface area contributed by atoms with Crippen molar-refractivity contribution in [2.75, 3.05) is 13.1 Å². The van der Waals surface area contributed by atoms with E-state index in [-0.39, 0.29) is 18.1 Å². The van der Waals surface area contributed by atoms with E-state index < -0.39 is 0 Å². The molecule has 3 heterocycles. The number of carbonyl (C=O) groups is 1. The lowest BCUT2D eigenvalue weighted by Gasteiger charge is -2.33. The van der Waals surface area contributed by atoms with Crippen LogP contribution in [0.3, 0.4) is 0 Å². The number of ether oxygens (including phenoxy) is 1. The second-order valence-corrected chi connectivity index (χ2v) is 7.27. The Kier molecular flexibility index (Phi) is 3.89. The molecule has 3 atom stereocenters. The number of nitrogens with one attached hydrogen (secondary N) is 1. The SMILES string of the molecule is Cc1noc(C)c1CN1CC[C@H]2C[C@H](C(=O)NC3CC3)O[C@@H]2C1. The lowest BCUT2D eigenvalue weighted by atomic mass is 9.91. The van der Waals surface area contributed by atoms with Crippen LogP contribution in [0, 0.1) is 19.8 Å². The zero-order valence-corrected chi connectivity index (χ0v) is 13.9. The number of aryl methyl sites for hydroxylation is 2. The van der Waals surface area contributed by atoms with Gasteiger partial charge in [0.2, 0.25) is 5.91 Å². The first-order valence-electron chi connectivity index (χ1n) is 8.70. The van der Waals surface area contributed by atoms with Gasteiger partial charge in [0.1, 0.15) is 11.9 Å². The third-order valence-electron chi connectivity index (χ3n) is 5.42. The van der Waals surface area contributed by atoms with Crippen LogP contribution < -0.4 is 5.32 Å². The highest BCUT2D eigenvalue weighted by molar-refractivity contribution is 5.81. The Morgan fingerprint density at radius 2 is 2.17 bits per heavy atom. The zero-order valence-electron chi connectivity index (χ0n) is 13.9. The Hall–Kier alpha value is -1.40. The number of hydrogen-bond donors (Lipinski definition) is 1. The van der Waals surface area contributed by atoms with E-state index in [0.717, 1.165) is 56.8 Å². The molecule has 6 nitrogen and oxygen atoms in total. The van der Waals surface area contributed by atoms with Crippen molar-refractivity contribution < 1.29 is 14.1 Å². The van der Waals surface area contributed by atoms with Gasteiger partial charge in [0.15, 0.2) is 0 Å². The minimum Gasteiger partial charge on any atom is -0.364 e. The summed E-state index contributed by atoms with van der Waals surface area (Å²) in [6, 6.07) is 0.407. The molecule has 2 aliphatic heterocycles. The molecule has 23 heavy (non-hydrogen) atoms.